The summed E-state index contributed by atoms with van der Waals surface area (Å²) < 4.78 is 10.8. The largest absolute Gasteiger partial charge is 0.480 e. The lowest BCUT2D eigenvalue weighted by atomic mass is 10.1. The van der Waals surface area contributed by atoms with Gasteiger partial charge in [0.05, 0.1) is 23.3 Å². The van der Waals surface area contributed by atoms with Crippen molar-refractivity contribution in [1.29, 1.82) is 0 Å². The number of Topliss-reactive ketones (excluding diaryl/α,β-unsaturated/α-hetero) is 1. The fraction of sp³-hybridized carbons (Fsp3) is 0.429. The average Bonchev–Trinajstić information content (AvgIpc) is 2.53. The van der Waals surface area contributed by atoms with Crippen LogP contribution in [0.15, 0.2) is 18.2 Å². The molecule has 134 valence electrons. The van der Waals surface area contributed by atoms with Crippen molar-refractivity contribution >= 4 is 63.7 Å². The first-order chi connectivity index (χ1) is 11.4. The molecule has 0 fully saturated rings. The molecule has 1 atom stereocenters. The summed E-state index contributed by atoms with van der Waals surface area (Å²) in [4.78, 5) is 23.7. The van der Waals surface area contributed by atoms with Crippen LogP contribution in [0.25, 0.3) is 0 Å². The molecule has 10 heteroatoms. The van der Waals surface area contributed by atoms with Gasteiger partial charge in [0.2, 0.25) is 7.58 Å². The van der Waals surface area contributed by atoms with Crippen molar-refractivity contribution in [2.45, 2.75) is 25.5 Å². The van der Waals surface area contributed by atoms with E-state index < -0.39 is 18.8 Å². The highest BCUT2D eigenvalue weighted by atomic mass is 35.5. The zero-order chi connectivity index (χ0) is 18.1. The van der Waals surface area contributed by atoms with Gasteiger partial charge in [-0.05, 0) is 42.5 Å². The first kappa shape index (κ1) is 22.0. The normalized spacial score (nSPS) is 12.4. The van der Waals surface area contributed by atoms with Crippen molar-refractivity contribution in [3.63, 3.8) is 0 Å². The van der Waals surface area contributed by atoms with E-state index in [1.165, 1.54) is 28.6 Å². The Bertz CT molecular complexity index is 570. The first-order valence-electron chi connectivity index (χ1n) is 6.99. The fourth-order valence-corrected chi connectivity index (χ4v) is 7.06. The van der Waals surface area contributed by atoms with E-state index in [0.717, 1.165) is 10.8 Å². The molecule has 0 aliphatic heterocycles. The Hall–Kier alpha value is -0.0100. The number of carbonyl (C=O) groups is 2. The third-order valence-electron chi connectivity index (χ3n) is 2.58. The van der Waals surface area contributed by atoms with Gasteiger partial charge in [-0.2, -0.15) is 0 Å². The van der Waals surface area contributed by atoms with Crippen molar-refractivity contribution < 1.29 is 23.7 Å². The number of rotatable bonds is 11. The lowest BCUT2D eigenvalue weighted by molar-refractivity contribution is -0.136. The van der Waals surface area contributed by atoms with Crippen LogP contribution in [0.3, 0.4) is 0 Å². The van der Waals surface area contributed by atoms with Crippen LogP contribution in [0.5, 0.6) is 0 Å². The van der Waals surface area contributed by atoms with Gasteiger partial charge in [-0.15, -0.1) is 0 Å². The van der Waals surface area contributed by atoms with Crippen LogP contribution in [0.4, 0.5) is 0 Å². The van der Waals surface area contributed by atoms with Gasteiger partial charge in [-0.25, -0.2) is 0 Å². The van der Waals surface area contributed by atoms with Crippen LogP contribution in [0, 0.1) is 0 Å². The summed E-state index contributed by atoms with van der Waals surface area (Å²) in [5.41, 5.74) is 0.332. The second-order valence-electron chi connectivity index (χ2n) is 4.31. The minimum Gasteiger partial charge on any atom is -0.480 e. The molecule has 1 rings (SSSR count). The zero-order valence-electron chi connectivity index (χ0n) is 13.0. The van der Waals surface area contributed by atoms with Gasteiger partial charge in [0.1, 0.15) is 5.25 Å². The second kappa shape index (κ2) is 11.6. The molecule has 0 radical (unpaired) electrons. The minimum atomic E-state index is -1.24. The predicted molar refractivity (Wildman–Crippen MR) is 102 cm³/mol. The monoisotopic (exact) mass is 430 g/mol. The summed E-state index contributed by atoms with van der Waals surface area (Å²) in [5, 5.41) is 9.02. The number of carboxylic acids is 1. The van der Waals surface area contributed by atoms with Crippen LogP contribution in [-0.2, 0) is 13.8 Å². The standard InChI is InChI=1S/C14H17Cl2O5PS2/c1-3-20-22(21-4-2)24-23-13(14(18)19)8-12(17)9-5-6-10(15)11(16)7-9/h5-7,13H,3-4,8H2,1-2H3,(H,18,19). The maximum absolute atomic E-state index is 12.3. The maximum Gasteiger partial charge on any atom is 0.317 e. The van der Waals surface area contributed by atoms with E-state index in [0.29, 0.717) is 23.8 Å². The molecule has 1 unspecified atom stereocenters. The molecule has 0 aromatic heterocycles. The van der Waals surface area contributed by atoms with Crippen molar-refractivity contribution in [1.82, 2.24) is 0 Å². The molecular weight excluding hydrogens is 414 g/mol. The van der Waals surface area contributed by atoms with E-state index in [-0.39, 0.29) is 17.2 Å². The molecule has 0 saturated carbocycles. The molecule has 0 heterocycles. The Morgan fingerprint density at radius 3 is 2.33 bits per heavy atom. The third-order valence-corrected chi connectivity index (χ3v) is 8.89. The quantitative estimate of drug-likeness (QED) is 0.274. The first-order valence-corrected chi connectivity index (χ1v) is 11.7. The van der Waals surface area contributed by atoms with Crippen molar-refractivity contribution in [3.05, 3.63) is 33.8 Å². The van der Waals surface area contributed by atoms with E-state index in [4.69, 9.17) is 32.2 Å². The van der Waals surface area contributed by atoms with E-state index in [2.05, 4.69) is 0 Å². The lowest BCUT2D eigenvalue weighted by Crippen LogP contribution is -2.19. The van der Waals surface area contributed by atoms with Crippen LogP contribution >= 0.6 is 52.0 Å². The van der Waals surface area contributed by atoms with Crippen LogP contribution in [0.1, 0.15) is 30.6 Å². The smallest absolute Gasteiger partial charge is 0.317 e. The van der Waals surface area contributed by atoms with Crippen LogP contribution in [-0.4, -0.2) is 35.3 Å². The summed E-state index contributed by atoms with van der Waals surface area (Å²) in [6.45, 7) is 4.61. The number of ketones is 1. The number of hydrogen-bond donors (Lipinski definition) is 1. The summed E-state index contributed by atoms with van der Waals surface area (Å²) in [6.07, 6.45) is -0.160. The SMILES string of the molecule is CCOP(OCC)SSC(CC(=O)c1ccc(Cl)c(Cl)c1)C(=O)O. The van der Waals surface area contributed by atoms with E-state index in [1.54, 1.807) is 0 Å². The molecule has 1 N–H and O–H groups in total. The van der Waals surface area contributed by atoms with E-state index in [9.17, 15) is 14.7 Å². The topological polar surface area (TPSA) is 72.8 Å². The number of benzene rings is 1. The Balaban J connectivity index is 2.69. The molecule has 0 spiro atoms. The Kier molecular flexibility index (Phi) is 10.6. The van der Waals surface area contributed by atoms with Gasteiger partial charge in [0.25, 0.3) is 0 Å². The summed E-state index contributed by atoms with van der Waals surface area (Å²) in [7, 11) is 1.03. The minimum absolute atomic E-state index is 0.160. The van der Waals surface area contributed by atoms with Gasteiger partial charge in [-0.1, -0.05) is 34.0 Å². The van der Waals surface area contributed by atoms with Crippen molar-refractivity contribution in [2.75, 3.05) is 13.2 Å². The van der Waals surface area contributed by atoms with Crippen molar-refractivity contribution in [3.8, 4) is 0 Å². The van der Waals surface area contributed by atoms with Gasteiger partial charge in [-0.3, -0.25) is 9.59 Å². The molecule has 24 heavy (non-hydrogen) atoms. The lowest BCUT2D eigenvalue weighted by Gasteiger charge is -2.16. The third kappa shape index (κ3) is 7.48. The molecule has 1 aromatic rings. The number of carboxylic acid groups (broad SMARTS) is 1. The van der Waals surface area contributed by atoms with Gasteiger partial charge >= 0.3 is 5.97 Å². The van der Waals surface area contributed by atoms with E-state index in [1.807, 2.05) is 13.8 Å². The fourth-order valence-electron chi connectivity index (χ4n) is 1.50. The van der Waals surface area contributed by atoms with Crippen molar-refractivity contribution in [2.24, 2.45) is 0 Å². The highest BCUT2D eigenvalue weighted by Gasteiger charge is 2.26. The van der Waals surface area contributed by atoms with Crippen LogP contribution in [0.2, 0.25) is 10.0 Å². The molecule has 1 aromatic carbocycles. The van der Waals surface area contributed by atoms with Gasteiger partial charge in [0.15, 0.2) is 5.78 Å². The summed E-state index contributed by atoms with van der Waals surface area (Å²) in [5.74, 6) is -1.38. The molecule has 0 saturated heterocycles. The average molecular weight is 431 g/mol. The molecule has 5 nitrogen and oxygen atoms in total. The number of hydrogen-bond acceptors (Lipinski definition) is 6. The highest BCUT2D eigenvalue weighted by Crippen LogP contribution is 2.59. The molecule has 0 aliphatic carbocycles. The summed E-state index contributed by atoms with van der Waals surface area (Å²) >= 11 is 11.7. The van der Waals surface area contributed by atoms with Crippen LogP contribution < -0.4 is 0 Å². The summed E-state index contributed by atoms with van der Waals surface area (Å²) in [6, 6.07) is 4.48. The predicted octanol–water partition coefficient (Wildman–Crippen LogP) is 5.70. The molecule has 0 aliphatic rings. The van der Waals surface area contributed by atoms with E-state index >= 15 is 0 Å². The van der Waals surface area contributed by atoms with Gasteiger partial charge in [0, 0.05) is 12.0 Å². The maximum atomic E-state index is 12.3. The highest BCUT2D eigenvalue weighted by molar-refractivity contribution is 8.98. The number of aliphatic carboxylic acids is 1. The van der Waals surface area contributed by atoms with Gasteiger partial charge < -0.3 is 14.2 Å². The molecular formula is C14H17Cl2O5PS2. The zero-order valence-corrected chi connectivity index (χ0v) is 17.1. The molecule has 0 bridgehead atoms. The Morgan fingerprint density at radius 2 is 1.83 bits per heavy atom. The Morgan fingerprint density at radius 1 is 1.21 bits per heavy atom. The Labute approximate surface area is 159 Å². The molecule has 0 amide bonds. The number of halogens is 2. The number of carbonyl (C=O) groups excluding carboxylic acids is 1. The second-order valence-corrected chi connectivity index (χ2v) is 10.3.